The van der Waals surface area contributed by atoms with E-state index in [0.717, 1.165) is 16.7 Å². The third-order valence-electron chi connectivity index (χ3n) is 7.73. The first-order valence-corrected chi connectivity index (χ1v) is 14.2. The van der Waals surface area contributed by atoms with Gasteiger partial charge in [0.15, 0.2) is 11.6 Å². The monoisotopic (exact) mass is 614 g/mol. The van der Waals surface area contributed by atoms with Gasteiger partial charge in [-0.05, 0) is 61.6 Å². The van der Waals surface area contributed by atoms with E-state index in [1.807, 2.05) is 54.6 Å². The van der Waals surface area contributed by atoms with Crippen molar-refractivity contribution >= 4 is 11.9 Å². The van der Waals surface area contributed by atoms with Crippen LogP contribution in [-0.2, 0) is 28.9 Å². The Morgan fingerprint density at radius 3 is 1.64 bits per heavy atom. The minimum absolute atomic E-state index is 0.125. The number of alkyl halides is 3. The van der Waals surface area contributed by atoms with Crippen molar-refractivity contribution in [3.05, 3.63) is 82.9 Å². The van der Waals surface area contributed by atoms with Crippen molar-refractivity contribution in [3.63, 3.8) is 0 Å². The van der Waals surface area contributed by atoms with Gasteiger partial charge in [0.1, 0.15) is 0 Å². The molecule has 2 heterocycles. The number of H-pyrrole nitrogens is 2. The largest absolute Gasteiger partial charge is 0.481 e. The minimum atomic E-state index is -4.37. The van der Waals surface area contributed by atoms with Gasteiger partial charge in [0.25, 0.3) is 0 Å². The van der Waals surface area contributed by atoms with Crippen molar-refractivity contribution in [1.29, 1.82) is 0 Å². The van der Waals surface area contributed by atoms with E-state index in [1.54, 1.807) is 0 Å². The van der Waals surface area contributed by atoms with Crippen molar-refractivity contribution in [2.75, 3.05) is 0 Å². The lowest BCUT2D eigenvalue weighted by Crippen LogP contribution is -2.25. The Morgan fingerprint density at radius 1 is 0.705 bits per heavy atom. The van der Waals surface area contributed by atoms with Crippen LogP contribution in [0.2, 0.25) is 0 Å². The molecule has 0 aliphatic rings. The Morgan fingerprint density at radius 2 is 1.18 bits per heavy atom. The second-order valence-corrected chi connectivity index (χ2v) is 10.8. The number of carbonyl (C=O) groups is 2. The molecule has 0 unspecified atom stereocenters. The lowest BCUT2D eigenvalue weighted by atomic mass is 9.82. The molecule has 2 aromatic heterocycles. The number of tetrazole rings is 2. The number of aromatic amines is 2. The highest BCUT2D eigenvalue weighted by molar-refractivity contribution is 5.71. The summed E-state index contributed by atoms with van der Waals surface area (Å²) in [7, 11) is 0. The lowest BCUT2D eigenvalue weighted by Gasteiger charge is -2.22. The van der Waals surface area contributed by atoms with Gasteiger partial charge in [-0.1, -0.05) is 65.0 Å². The molecule has 4 rings (SSSR count). The first-order chi connectivity index (χ1) is 21.1. The fourth-order valence-electron chi connectivity index (χ4n) is 5.49. The van der Waals surface area contributed by atoms with Gasteiger partial charge in [-0.3, -0.25) is 9.59 Å². The van der Waals surface area contributed by atoms with Crippen LogP contribution < -0.4 is 0 Å². The molecule has 44 heavy (non-hydrogen) atoms. The van der Waals surface area contributed by atoms with Gasteiger partial charge in [0.05, 0.1) is 11.8 Å². The van der Waals surface area contributed by atoms with Gasteiger partial charge in [0, 0.05) is 18.3 Å². The molecule has 0 amide bonds. The molecular formula is C29H33F3N8O4. The molecule has 0 spiro atoms. The summed E-state index contributed by atoms with van der Waals surface area (Å²) in [6.45, 7) is 0. The van der Waals surface area contributed by atoms with Crippen LogP contribution in [0.5, 0.6) is 0 Å². The molecule has 4 atom stereocenters. The van der Waals surface area contributed by atoms with Crippen LogP contribution >= 0.6 is 0 Å². The molecule has 12 nitrogen and oxygen atoms in total. The number of rotatable bonds is 17. The smallest absolute Gasteiger partial charge is 0.389 e. The quantitative estimate of drug-likeness (QED) is 0.132. The molecule has 0 bridgehead atoms. The van der Waals surface area contributed by atoms with Crippen LogP contribution in [0.15, 0.2) is 54.6 Å². The van der Waals surface area contributed by atoms with Crippen LogP contribution in [0.1, 0.15) is 72.3 Å². The molecular weight excluding hydrogens is 581 g/mol. The number of carboxylic acids is 2. The Labute approximate surface area is 250 Å². The summed E-state index contributed by atoms with van der Waals surface area (Å²) >= 11 is 0. The van der Waals surface area contributed by atoms with Crippen LogP contribution in [-0.4, -0.2) is 69.6 Å². The first-order valence-electron chi connectivity index (χ1n) is 14.2. The number of aryl methyl sites for hydroxylation is 1. The molecule has 0 saturated heterocycles. The molecule has 0 radical (unpaired) electrons. The SMILES string of the molecule is O=C(O)[C@@H](CCCC(F)(F)F)[C@H](Cc1ccc(CCC[C@@H](C(=O)O)[C@H](Cc2ccccc2)c2nn[nH]n2)cc1)c1nn[nH]n1. The standard InChI is InChI=1S/C29H33F3N8O4/c30-29(31,32)15-5-10-22(28(43)44)24(26-35-39-40-36-26)17-20-13-11-18(12-14-20)8-4-9-21(27(41)42)23(25-33-37-38-34-25)16-19-6-2-1-3-7-19/h1-3,6-7,11-14,21-24H,4-5,8-10,15-17H2,(H,41,42)(H,43,44)(H,33,34,37,38)(H,35,36,39,40)/t21-,22+,23+,24+/m1/s1. The Kier molecular flexibility index (Phi) is 11.1. The zero-order chi connectivity index (χ0) is 31.5. The highest BCUT2D eigenvalue weighted by Crippen LogP contribution is 2.33. The summed E-state index contributed by atoms with van der Waals surface area (Å²) in [6.07, 6.45) is -3.78. The Bertz CT molecular complexity index is 1440. The molecule has 0 fully saturated rings. The number of nitrogens with one attached hydrogen (secondary N) is 2. The average molecular weight is 615 g/mol. The second kappa shape index (κ2) is 15.2. The first kappa shape index (κ1) is 32.2. The van der Waals surface area contributed by atoms with Crippen LogP contribution in [0.25, 0.3) is 0 Å². The van der Waals surface area contributed by atoms with E-state index in [2.05, 4.69) is 41.2 Å². The summed E-state index contributed by atoms with van der Waals surface area (Å²) in [6, 6.07) is 16.9. The number of carboxylic acid groups (broad SMARTS) is 2. The third-order valence-corrected chi connectivity index (χ3v) is 7.73. The fourth-order valence-corrected chi connectivity index (χ4v) is 5.49. The van der Waals surface area contributed by atoms with Crippen molar-refractivity contribution < 1.29 is 33.0 Å². The molecule has 0 saturated carbocycles. The summed E-state index contributed by atoms with van der Waals surface area (Å²) in [5, 5.41) is 47.8. The number of halogens is 3. The van der Waals surface area contributed by atoms with Gasteiger partial charge in [0.2, 0.25) is 0 Å². The Balaban J connectivity index is 1.40. The van der Waals surface area contributed by atoms with E-state index < -0.39 is 48.2 Å². The number of hydrogen-bond acceptors (Lipinski definition) is 8. The van der Waals surface area contributed by atoms with Gasteiger partial charge in [-0.2, -0.15) is 23.6 Å². The maximum atomic E-state index is 12.7. The maximum Gasteiger partial charge on any atom is 0.389 e. The van der Waals surface area contributed by atoms with Gasteiger partial charge < -0.3 is 10.2 Å². The topological polar surface area (TPSA) is 184 Å². The summed E-state index contributed by atoms with van der Waals surface area (Å²) in [5.41, 5.74) is 2.68. The highest BCUT2D eigenvalue weighted by atomic mass is 19.4. The van der Waals surface area contributed by atoms with E-state index in [1.165, 1.54) is 0 Å². The fraction of sp³-hybridized carbons (Fsp3) is 0.448. The third kappa shape index (κ3) is 9.41. The molecule has 0 aliphatic heterocycles. The van der Waals surface area contributed by atoms with Gasteiger partial charge in [-0.15, -0.1) is 20.4 Å². The number of aliphatic carboxylic acids is 2. The number of benzene rings is 2. The maximum absolute atomic E-state index is 12.7. The van der Waals surface area contributed by atoms with E-state index in [4.69, 9.17) is 0 Å². The Hall–Kier alpha value is -4.69. The van der Waals surface area contributed by atoms with Gasteiger partial charge in [-0.25, -0.2) is 0 Å². The molecule has 234 valence electrons. The predicted molar refractivity (Wildman–Crippen MR) is 149 cm³/mol. The summed E-state index contributed by atoms with van der Waals surface area (Å²) < 4.78 is 38.1. The van der Waals surface area contributed by atoms with Crippen LogP contribution in [0, 0.1) is 11.8 Å². The highest BCUT2D eigenvalue weighted by Gasteiger charge is 2.35. The van der Waals surface area contributed by atoms with Crippen LogP contribution in [0.3, 0.4) is 0 Å². The number of aromatic nitrogens is 8. The average Bonchev–Trinajstić information content (AvgIpc) is 3.72. The molecule has 2 aromatic carbocycles. The van der Waals surface area contributed by atoms with Crippen molar-refractivity contribution in [3.8, 4) is 0 Å². The van der Waals surface area contributed by atoms with E-state index in [0.29, 0.717) is 31.5 Å². The summed E-state index contributed by atoms with van der Waals surface area (Å²) in [5.74, 6) is -4.83. The normalized spacial score (nSPS) is 14.5. The van der Waals surface area contributed by atoms with Crippen molar-refractivity contribution in [2.45, 2.75) is 69.4 Å². The van der Waals surface area contributed by atoms with E-state index in [-0.39, 0.29) is 25.1 Å². The summed E-state index contributed by atoms with van der Waals surface area (Å²) in [4.78, 5) is 24.4. The zero-order valence-electron chi connectivity index (χ0n) is 23.7. The van der Waals surface area contributed by atoms with E-state index >= 15 is 0 Å². The van der Waals surface area contributed by atoms with Crippen molar-refractivity contribution in [2.24, 2.45) is 11.8 Å². The minimum Gasteiger partial charge on any atom is -0.481 e. The zero-order valence-corrected chi connectivity index (χ0v) is 23.7. The van der Waals surface area contributed by atoms with Gasteiger partial charge >= 0.3 is 18.1 Å². The molecule has 15 heteroatoms. The number of hydrogen-bond donors (Lipinski definition) is 4. The predicted octanol–water partition coefficient (Wildman–Crippen LogP) is 4.52. The van der Waals surface area contributed by atoms with E-state index in [9.17, 15) is 33.0 Å². The van der Waals surface area contributed by atoms with Crippen LogP contribution in [0.4, 0.5) is 13.2 Å². The van der Waals surface area contributed by atoms with Crippen molar-refractivity contribution in [1.82, 2.24) is 41.2 Å². The second-order valence-electron chi connectivity index (χ2n) is 10.8. The molecule has 0 aliphatic carbocycles. The number of nitrogens with zero attached hydrogens (tertiary/aromatic N) is 6. The molecule has 4 aromatic rings. The lowest BCUT2D eigenvalue weighted by molar-refractivity contribution is -0.146. The molecule has 4 N–H and O–H groups in total.